The fraction of sp³-hybridized carbons (Fsp3) is 0.875. The Balaban J connectivity index is 2.63. The molecule has 0 bridgehead atoms. The van der Waals surface area contributed by atoms with E-state index in [1.165, 1.54) is 0 Å². The fourth-order valence-electron chi connectivity index (χ4n) is 1.95. The summed E-state index contributed by atoms with van der Waals surface area (Å²) in [6, 6.07) is -0.481. The lowest BCUT2D eigenvalue weighted by Crippen LogP contribution is -2.29. The average molecular weight is 171 g/mol. The van der Waals surface area contributed by atoms with Crippen LogP contribution in [0.2, 0.25) is 0 Å². The van der Waals surface area contributed by atoms with Gasteiger partial charge in [-0.05, 0) is 12.8 Å². The van der Waals surface area contributed by atoms with Gasteiger partial charge < -0.3 is 4.79 Å². The van der Waals surface area contributed by atoms with E-state index in [1.54, 1.807) is 6.92 Å². The Morgan fingerprint density at radius 3 is 2.75 bits per heavy atom. The Morgan fingerprint density at radius 1 is 1.58 bits per heavy atom. The van der Waals surface area contributed by atoms with Crippen LogP contribution in [0.15, 0.2) is 0 Å². The first-order valence-corrected chi connectivity index (χ1v) is 4.25. The largest absolute Gasteiger partial charge is 0.303 e. The van der Waals surface area contributed by atoms with E-state index < -0.39 is 6.04 Å². The van der Waals surface area contributed by atoms with Gasteiger partial charge in [-0.3, -0.25) is 10.1 Å². The molecule has 1 rings (SSSR count). The molecule has 4 nitrogen and oxygen atoms in total. The van der Waals surface area contributed by atoms with Crippen LogP contribution < -0.4 is 0 Å². The van der Waals surface area contributed by atoms with Gasteiger partial charge in [0, 0.05) is 23.2 Å². The molecule has 3 atom stereocenters. The predicted octanol–water partition coefficient (Wildman–Crippen LogP) is 1.27. The maximum Gasteiger partial charge on any atom is 0.216 e. The zero-order chi connectivity index (χ0) is 9.14. The van der Waals surface area contributed by atoms with Crippen molar-refractivity contribution in [2.75, 3.05) is 0 Å². The maximum absolute atomic E-state index is 10.5. The highest BCUT2D eigenvalue weighted by molar-refractivity contribution is 5.53. The number of rotatable bonds is 3. The van der Waals surface area contributed by atoms with Crippen molar-refractivity contribution in [1.29, 1.82) is 0 Å². The molecule has 1 aliphatic rings. The van der Waals surface area contributed by atoms with Crippen molar-refractivity contribution >= 4 is 6.29 Å². The van der Waals surface area contributed by atoms with Crippen LogP contribution in [-0.2, 0) is 4.79 Å². The van der Waals surface area contributed by atoms with Crippen LogP contribution in [0, 0.1) is 22.0 Å². The van der Waals surface area contributed by atoms with Crippen LogP contribution in [0.3, 0.4) is 0 Å². The quantitative estimate of drug-likeness (QED) is 0.365. The molecule has 12 heavy (non-hydrogen) atoms. The van der Waals surface area contributed by atoms with Gasteiger partial charge in [-0.25, -0.2) is 0 Å². The molecule has 0 aliphatic heterocycles. The fourth-order valence-corrected chi connectivity index (χ4v) is 1.95. The highest BCUT2D eigenvalue weighted by atomic mass is 16.6. The number of hydrogen-bond acceptors (Lipinski definition) is 3. The van der Waals surface area contributed by atoms with Crippen molar-refractivity contribution in [3.63, 3.8) is 0 Å². The van der Waals surface area contributed by atoms with Crippen molar-refractivity contribution < 1.29 is 9.72 Å². The van der Waals surface area contributed by atoms with Crippen LogP contribution in [0.1, 0.15) is 26.2 Å². The number of hydrogen-bond donors (Lipinski definition) is 0. The highest BCUT2D eigenvalue weighted by Crippen LogP contribution is 2.32. The van der Waals surface area contributed by atoms with Crippen molar-refractivity contribution in [2.24, 2.45) is 11.8 Å². The van der Waals surface area contributed by atoms with E-state index in [1.807, 2.05) is 0 Å². The standard InChI is InChI=1S/C8H13NO3/c1-6(5-10)7-3-2-4-8(7)9(11)12/h5-8H,2-4H2,1H3/t6?,7-,8-/m0/s1. The van der Waals surface area contributed by atoms with Gasteiger partial charge in [0.05, 0.1) is 0 Å². The normalized spacial score (nSPS) is 31.4. The molecule has 0 radical (unpaired) electrons. The van der Waals surface area contributed by atoms with Crippen LogP contribution in [0.25, 0.3) is 0 Å². The topological polar surface area (TPSA) is 60.2 Å². The Hall–Kier alpha value is -0.930. The summed E-state index contributed by atoms with van der Waals surface area (Å²) in [6.45, 7) is 1.76. The summed E-state index contributed by atoms with van der Waals surface area (Å²) in [5, 5.41) is 10.5. The smallest absolute Gasteiger partial charge is 0.216 e. The monoisotopic (exact) mass is 171 g/mol. The first-order chi connectivity index (χ1) is 5.66. The van der Waals surface area contributed by atoms with E-state index in [2.05, 4.69) is 0 Å². The van der Waals surface area contributed by atoms with Crippen molar-refractivity contribution in [3.8, 4) is 0 Å². The van der Waals surface area contributed by atoms with Gasteiger partial charge in [-0.15, -0.1) is 0 Å². The summed E-state index contributed by atoms with van der Waals surface area (Å²) >= 11 is 0. The number of carbonyl (C=O) groups is 1. The second-order valence-electron chi connectivity index (χ2n) is 3.44. The van der Waals surface area contributed by atoms with Crippen LogP contribution in [-0.4, -0.2) is 17.3 Å². The van der Waals surface area contributed by atoms with E-state index in [-0.39, 0.29) is 16.8 Å². The molecule has 1 aliphatic carbocycles. The third kappa shape index (κ3) is 1.62. The van der Waals surface area contributed by atoms with Gasteiger partial charge in [0.2, 0.25) is 6.04 Å². The Kier molecular flexibility index (Phi) is 2.78. The minimum Gasteiger partial charge on any atom is -0.303 e. The highest BCUT2D eigenvalue weighted by Gasteiger charge is 2.39. The molecular weight excluding hydrogens is 158 g/mol. The molecule has 0 heterocycles. The van der Waals surface area contributed by atoms with E-state index >= 15 is 0 Å². The lowest BCUT2D eigenvalue weighted by Gasteiger charge is -2.14. The van der Waals surface area contributed by atoms with Crippen LogP contribution in [0.4, 0.5) is 0 Å². The molecular formula is C8H13NO3. The summed E-state index contributed by atoms with van der Waals surface area (Å²) in [4.78, 5) is 20.7. The molecule has 68 valence electrons. The number of carbonyl (C=O) groups excluding carboxylic acids is 1. The van der Waals surface area contributed by atoms with Crippen molar-refractivity contribution in [3.05, 3.63) is 10.1 Å². The third-order valence-corrected chi connectivity index (χ3v) is 2.69. The van der Waals surface area contributed by atoms with E-state index in [0.717, 1.165) is 19.1 Å². The average Bonchev–Trinajstić information content (AvgIpc) is 2.50. The number of aldehydes is 1. The van der Waals surface area contributed by atoms with Gasteiger partial charge in [-0.2, -0.15) is 0 Å². The zero-order valence-corrected chi connectivity index (χ0v) is 7.10. The van der Waals surface area contributed by atoms with E-state index in [9.17, 15) is 14.9 Å². The Morgan fingerprint density at radius 2 is 2.25 bits per heavy atom. The third-order valence-electron chi connectivity index (χ3n) is 2.69. The molecule has 0 aromatic rings. The molecule has 4 heteroatoms. The van der Waals surface area contributed by atoms with E-state index in [4.69, 9.17) is 0 Å². The van der Waals surface area contributed by atoms with Gasteiger partial charge >= 0.3 is 0 Å². The first kappa shape index (κ1) is 9.16. The summed E-state index contributed by atoms with van der Waals surface area (Å²) < 4.78 is 0. The summed E-state index contributed by atoms with van der Waals surface area (Å²) in [5.74, 6) is -0.194. The van der Waals surface area contributed by atoms with Crippen molar-refractivity contribution in [1.82, 2.24) is 0 Å². The molecule has 1 fully saturated rings. The maximum atomic E-state index is 10.5. The Labute approximate surface area is 71.1 Å². The van der Waals surface area contributed by atoms with Crippen LogP contribution in [0.5, 0.6) is 0 Å². The van der Waals surface area contributed by atoms with Crippen LogP contribution >= 0.6 is 0 Å². The second kappa shape index (κ2) is 3.65. The minimum absolute atomic E-state index is 0.0301. The van der Waals surface area contributed by atoms with Crippen molar-refractivity contribution in [2.45, 2.75) is 32.2 Å². The minimum atomic E-state index is -0.481. The molecule has 1 unspecified atom stereocenters. The molecule has 1 saturated carbocycles. The van der Waals surface area contributed by atoms with Gasteiger partial charge in [-0.1, -0.05) is 6.92 Å². The SMILES string of the molecule is CC(C=O)[C@@H]1CCC[C@@H]1[N+](=O)[O-]. The summed E-state index contributed by atoms with van der Waals surface area (Å²) in [7, 11) is 0. The lowest BCUT2D eigenvalue weighted by atomic mass is 9.91. The Bertz CT molecular complexity index is 193. The predicted molar refractivity (Wildman–Crippen MR) is 43.4 cm³/mol. The van der Waals surface area contributed by atoms with Gasteiger partial charge in [0.1, 0.15) is 6.29 Å². The molecule has 0 aromatic heterocycles. The molecule has 0 N–H and O–H groups in total. The second-order valence-corrected chi connectivity index (χ2v) is 3.44. The number of nitro groups is 1. The molecule has 0 saturated heterocycles. The first-order valence-electron chi connectivity index (χ1n) is 4.25. The lowest BCUT2D eigenvalue weighted by molar-refractivity contribution is -0.529. The number of nitrogens with zero attached hydrogens (tertiary/aromatic N) is 1. The summed E-state index contributed by atoms with van der Waals surface area (Å²) in [5.41, 5.74) is 0. The van der Waals surface area contributed by atoms with Gasteiger partial charge in [0.25, 0.3) is 0 Å². The zero-order valence-electron chi connectivity index (χ0n) is 7.10. The summed E-state index contributed by atoms with van der Waals surface area (Å²) in [6.07, 6.45) is 3.17. The van der Waals surface area contributed by atoms with E-state index in [0.29, 0.717) is 6.42 Å². The van der Waals surface area contributed by atoms with Gasteiger partial charge in [0.15, 0.2) is 0 Å². The molecule has 0 aromatic carbocycles. The molecule has 0 spiro atoms. The molecule has 0 amide bonds.